The molecule has 1 aliphatic heterocycles. The number of nitrogens with one attached hydrogen (secondary N) is 1. The van der Waals surface area contributed by atoms with E-state index in [4.69, 9.17) is 9.47 Å². The van der Waals surface area contributed by atoms with Crippen molar-refractivity contribution in [2.24, 2.45) is 5.41 Å². The average Bonchev–Trinajstić information content (AvgIpc) is 2.59. The van der Waals surface area contributed by atoms with Crippen LogP contribution in [0.1, 0.15) is 26.7 Å². The molecule has 18 heavy (non-hydrogen) atoms. The van der Waals surface area contributed by atoms with E-state index in [2.05, 4.69) is 12.2 Å². The lowest BCUT2D eigenvalue weighted by Gasteiger charge is -2.32. The molecule has 0 saturated carbocycles. The van der Waals surface area contributed by atoms with Crippen molar-refractivity contribution in [2.75, 3.05) is 32.9 Å². The van der Waals surface area contributed by atoms with Gasteiger partial charge < -0.3 is 14.8 Å². The maximum absolute atomic E-state index is 12.1. The van der Waals surface area contributed by atoms with Crippen molar-refractivity contribution < 1.29 is 22.6 Å². The van der Waals surface area contributed by atoms with Crippen LogP contribution >= 0.6 is 0 Å². The van der Waals surface area contributed by atoms with Crippen molar-refractivity contribution in [1.82, 2.24) is 5.32 Å². The van der Waals surface area contributed by atoms with Crippen molar-refractivity contribution in [3.8, 4) is 0 Å². The second kappa shape index (κ2) is 6.73. The van der Waals surface area contributed by atoms with E-state index in [9.17, 15) is 13.2 Å². The van der Waals surface area contributed by atoms with Crippen molar-refractivity contribution >= 4 is 0 Å². The van der Waals surface area contributed by atoms with Crippen LogP contribution in [0.3, 0.4) is 0 Å². The van der Waals surface area contributed by atoms with E-state index >= 15 is 0 Å². The van der Waals surface area contributed by atoms with Crippen LogP contribution < -0.4 is 5.32 Å². The van der Waals surface area contributed by atoms with Crippen LogP contribution in [0.2, 0.25) is 0 Å². The lowest BCUT2D eigenvalue weighted by Crippen LogP contribution is -2.44. The van der Waals surface area contributed by atoms with Gasteiger partial charge in [-0.05, 0) is 26.3 Å². The number of rotatable bonds is 7. The highest BCUT2D eigenvalue weighted by atomic mass is 19.4. The molecule has 0 aliphatic carbocycles. The zero-order chi connectivity index (χ0) is 13.6. The Morgan fingerprint density at radius 2 is 2.17 bits per heavy atom. The summed E-state index contributed by atoms with van der Waals surface area (Å²) in [5.74, 6) is 0. The highest BCUT2D eigenvalue weighted by Crippen LogP contribution is 2.35. The minimum absolute atomic E-state index is 0.0740. The summed E-state index contributed by atoms with van der Waals surface area (Å²) in [5.41, 5.74) is -0.333. The predicted octanol–water partition coefficient (Wildman–Crippen LogP) is 2.36. The minimum atomic E-state index is -4.26. The number of ether oxygens (including phenoxy) is 2. The molecule has 0 aromatic heterocycles. The summed E-state index contributed by atoms with van der Waals surface area (Å²) in [5, 5.41) is 3.25. The van der Waals surface area contributed by atoms with Gasteiger partial charge in [-0.15, -0.1) is 0 Å². The van der Waals surface area contributed by atoms with E-state index < -0.39 is 12.8 Å². The van der Waals surface area contributed by atoms with E-state index in [1.807, 2.05) is 6.92 Å². The fraction of sp³-hybridized carbons (Fsp3) is 1.00. The number of hydrogen-bond acceptors (Lipinski definition) is 3. The van der Waals surface area contributed by atoms with E-state index in [0.717, 1.165) is 19.4 Å². The Hall–Kier alpha value is -0.330. The summed E-state index contributed by atoms with van der Waals surface area (Å²) in [6.07, 6.45) is -2.60. The average molecular weight is 269 g/mol. The third kappa shape index (κ3) is 4.74. The zero-order valence-corrected chi connectivity index (χ0v) is 11.0. The summed E-state index contributed by atoms with van der Waals surface area (Å²) >= 11 is 0. The van der Waals surface area contributed by atoms with Gasteiger partial charge in [-0.1, -0.05) is 6.92 Å². The summed E-state index contributed by atoms with van der Waals surface area (Å²) < 4.78 is 46.6. The Morgan fingerprint density at radius 3 is 2.67 bits per heavy atom. The Labute approximate surface area is 106 Å². The maximum atomic E-state index is 12.1. The first-order valence-corrected chi connectivity index (χ1v) is 6.36. The molecular formula is C12H22F3NO2. The first-order chi connectivity index (χ1) is 8.40. The first-order valence-electron chi connectivity index (χ1n) is 6.36. The van der Waals surface area contributed by atoms with Crippen LogP contribution in [-0.4, -0.2) is 45.2 Å². The van der Waals surface area contributed by atoms with Gasteiger partial charge in [0.2, 0.25) is 0 Å². The molecule has 1 heterocycles. The van der Waals surface area contributed by atoms with Gasteiger partial charge in [0.1, 0.15) is 6.61 Å². The van der Waals surface area contributed by atoms with Gasteiger partial charge in [-0.25, -0.2) is 0 Å². The van der Waals surface area contributed by atoms with Gasteiger partial charge in [-0.2, -0.15) is 13.2 Å². The fourth-order valence-electron chi connectivity index (χ4n) is 2.18. The number of halogens is 3. The Balaban J connectivity index is 2.45. The summed E-state index contributed by atoms with van der Waals surface area (Å²) in [6.45, 7) is 4.93. The Kier molecular flexibility index (Phi) is 5.88. The molecule has 0 amide bonds. The van der Waals surface area contributed by atoms with Crippen LogP contribution in [0.25, 0.3) is 0 Å². The number of alkyl halides is 3. The molecular weight excluding hydrogens is 247 g/mol. The van der Waals surface area contributed by atoms with Crippen LogP contribution in [0.15, 0.2) is 0 Å². The first kappa shape index (κ1) is 15.7. The van der Waals surface area contributed by atoms with Crippen LogP contribution in [0.5, 0.6) is 0 Å². The van der Waals surface area contributed by atoms with Crippen LogP contribution in [-0.2, 0) is 9.47 Å². The Morgan fingerprint density at radius 1 is 1.44 bits per heavy atom. The Bertz CT molecular complexity index is 248. The van der Waals surface area contributed by atoms with Crippen molar-refractivity contribution in [3.05, 3.63) is 0 Å². The van der Waals surface area contributed by atoms with Gasteiger partial charge in [-0.3, -0.25) is 0 Å². The van der Waals surface area contributed by atoms with E-state index in [0.29, 0.717) is 13.2 Å². The smallest absolute Gasteiger partial charge is 0.378 e. The lowest BCUT2D eigenvalue weighted by atomic mass is 9.82. The molecule has 2 atom stereocenters. The van der Waals surface area contributed by atoms with E-state index in [1.54, 1.807) is 0 Å². The molecule has 2 unspecified atom stereocenters. The van der Waals surface area contributed by atoms with Gasteiger partial charge in [0.25, 0.3) is 0 Å². The highest BCUT2D eigenvalue weighted by Gasteiger charge is 2.42. The monoisotopic (exact) mass is 269 g/mol. The third-order valence-corrected chi connectivity index (χ3v) is 3.39. The molecule has 6 heteroatoms. The standard InChI is InChI=1S/C12H22F3NO2/c1-3-5-16-7-11(4-6-18-10(11)2)8-17-9-12(13,14)15/h10,16H,3-9H2,1-2H3. The van der Waals surface area contributed by atoms with Crippen molar-refractivity contribution in [1.29, 1.82) is 0 Å². The second-order valence-corrected chi connectivity index (χ2v) is 4.91. The molecule has 1 N–H and O–H groups in total. The SMILES string of the molecule is CCCNCC1(COCC(F)(F)F)CCOC1C. The molecule has 0 radical (unpaired) electrons. The molecule has 1 aliphatic rings. The summed E-state index contributed by atoms with van der Waals surface area (Å²) in [6, 6.07) is 0. The molecule has 1 fully saturated rings. The van der Waals surface area contributed by atoms with Gasteiger partial charge >= 0.3 is 6.18 Å². The minimum Gasteiger partial charge on any atom is -0.378 e. The normalized spacial score (nSPS) is 28.8. The van der Waals surface area contributed by atoms with Gasteiger partial charge in [0, 0.05) is 18.6 Å². The third-order valence-electron chi connectivity index (χ3n) is 3.39. The predicted molar refractivity (Wildman–Crippen MR) is 62.5 cm³/mol. The number of hydrogen-bond donors (Lipinski definition) is 1. The molecule has 1 rings (SSSR count). The maximum Gasteiger partial charge on any atom is 0.411 e. The van der Waals surface area contributed by atoms with Gasteiger partial charge in [0.05, 0.1) is 12.7 Å². The van der Waals surface area contributed by atoms with Crippen LogP contribution in [0, 0.1) is 5.41 Å². The summed E-state index contributed by atoms with van der Waals surface area (Å²) in [4.78, 5) is 0. The molecule has 1 saturated heterocycles. The topological polar surface area (TPSA) is 30.5 Å². The van der Waals surface area contributed by atoms with Crippen LogP contribution in [0.4, 0.5) is 13.2 Å². The molecule has 0 spiro atoms. The molecule has 0 aromatic rings. The lowest BCUT2D eigenvalue weighted by molar-refractivity contribution is -0.182. The summed E-state index contributed by atoms with van der Waals surface area (Å²) in [7, 11) is 0. The van der Waals surface area contributed by atoms with E-state index in [-0.39, 0.29) is 18.1 Å². The van der Waals surface area contributed by atoms with Crippen molar-refractivity contribution in [3.63, 3.8) is 0 Å². The largest absolute Gasteiger partial charge is 0.411 e. The highest BCUT2D eigenvalue weighted by molar-refractivity contribution is 4.91. The molecule has 0 bridgehead atoms. The molecule has 108 valence electrons. The fourth-order valence-corrected chi connectivity index (χ4v) is 2.18. The zero-order valence-electron chi connectivity index (χ0n) is 11.0. The molecule has 3 nitrogen and oxygen atoms in total. The van der Waals surface area contributed by atoms with E-state index in [1.165, 1.54) is 0 Å². The van der Waals surface area contributed by atoms with Gasteiger partial charge in [0.15, 0.2) is 0 Å². The van der Waals surface area contributed by atoms with Crippen molar-refractivity contribution in [2.45, 2.75) is 39.0 Å². The second-order valence-electron chi connectivity index (χ2n) is 4.91. The quantitative estimate of drug-likeness (QED) is 0.720. The molecule has 0 aromatic carbocycles.